The van der Waals surface area contributed by atoms with Gasteiger partial charge in [-0.1, -0.05) is 30.7 Å². The highest BCUT2D eigenvalue weighted by Gasteiger charge is 2.41. The predicted octanol–water partition coefficient (Wildman–Crippen LogP) is 1.03. The summed E-state index contributed by atoms with van der Waals surface area (Å²) in [5.74, 6) is 0. The van der Waals surface area contributed by atoms with E-state index < -0.39 is 6.74 Å². The van der Waals surface area contributed by atoms with Crippen molar-refractivity contribution in [3.05, 3.63) is 0 Å². The number of hydrogen-bond donors (Lipinski definition) is 0. The van der Waals surface area contributed by atoms with Gasteiger partial charge in [0.05, 0.1) is 0 Å². The molecule has 4 heteroatoms. The molecule has 0 N–H and O–H groups in total. The van der Waals surface area contributed by atoms with Gasteiger partial charge in [0, 0.05) is 18.6 Å². The third-order valence-corrected chi connectivity index (χ3v) is 28.4. The molecule has 0 saturated carbocycles. The Hall–Kier alpha value is 1.00. The van der Waals surface area contributed by atoms with E-state index in [-0.39, 0.29) is 8.31 Å². The van der Waals surface area contributed by atoms with E-state index in [9.17, 15) is 0 Å². The van der Waals surface area contributed by atoms with Crippen LogP contribution < -0.4 is 0 Å². The summed E-state index contributed by atoms with van der Waals surface area (Å²) in [6.45, 7) is 4.61. The largest absolute Gasteiger partial charge is 0.192 e. The Bertz CT molecular complexity index is 130. The van der Waals surface area contributed by atoms with Crippen molar-refractivity contribution in [3.63, 3.8) is 0 Å². The molecule has 0 amide bonds. The molecule has 1 heterocycles. The minimum absolute atomic E-state index is 0.201. The quantitative estimate of drug-likeness (QED) is 0.578. The maximum absolute atomic E-state index is 2.63. The van der Waals surface area contributed by atoms with Crippen molar-refractivity contribution in [1.82, 2.24) is 0 Å². The molecule has 3 atom stereocenters. The van der Waals surface area contributed by atoms with E-state index in [1.165, 1.54) is 15.8 Å². The molecular formula is C6H18SSi3. The summed E-state index contributed by atoms with van der Waals surface area (Å²) in [6, 6.07) is 3.36. The molecule has 3 unspecified atom stereocenters. The van der Waals surface area contributed by atoms with Gasteiger partial charge in [-0.15, -0.1) is 0 Å². The van der Waals surface area contributed by atoms with E-state index in [4.69, 9.17) is 0 Å². The average molecular weight is 207 g/mol. The Labute approximate surface area is 73.6 Å². The van der Waals surface area contributed by atoms with Gasteiger partial charge >= 0.3 is 0 Å². The van der Waals surface area contributed by atoms with E-state index in [2.05, 4.69) is 30.6 Å². The fraction of sp³-hybridized carbons (Fsp3) is 1.00. The van der Waals surface area contributed by atoms with E-state index in [1.807, 2.05) is 0 Å². The highest BCUT2D eigenvalue weighted by Crippen LogP contribution is 2.41. The standard InChI is InChI=1S/C6H18SSi3/c1-7-10(3)5-6(8)4-9(10)2/h6,9H,4-5H2,1-3,8H3. The summed E-state index contributed by atoms with van der Waals surface area (Å²) in [5.41, 5.74) is 1.21. The lowest BCUT2D eigenvalue weighted by atomic mass is 10.5. The summed E-state index contributed by atoms with van der Waals surface area (Å²) >= 11 is 2.27. The first kappa shape index (κ1) is 9.09. The molecule has 0 aromatic carbocycles. The molecule has 0 bridgehead atoms. The maximum Gasteiger partial charge on any atom is 0.102 e. The molecule has 0 aromatic heterocycles. The van der Waals surface area contributed by atoms with Crippen molar-refractivity contribution in [3.8, 4) is 0 Å². The highest BCUT2D eigenvalue weighted by atomic mass is 32.4. The summed E-state index contributed by atoms with van der Waals surface area (Å²) < 4.78 is 0. The molecule has 10 heavy (non-hydrogen) atoms. The van der Waals surface area contributed by atoms with Gasteiger partial charge in [-0.3, -0.25) is 0 Å². The van der Waals surface area contributed by atoms with Crippen molar-refractivity contribution in [2.24, 2.45) is 0 Å². The molecule has 1 aliphatic rings. The first-order valence-electron chi connectivity index (χ1n) is 4.13. The summed E-state index contributed by atoms with van der Waals surface area (Å²) in [4.78, 5) is 0. The van der Waals surface area contributed by atoms with E-state index >= 15 is 0 Å². The second-order valence-electron chi connectivity index (χ2n) is 3.96. The molecule has 1 saturated heterocycles. The molecule has 60 valence electrons. The normalized spacial score (nSPS) is 48.3. The third-order valence-electron chi connectivity index (χ3n) is 3.02. The number of rotatable bonds is 1. The van der Waals surface area contributed by atoms with Crippen molar-refractivity contribution >= 4 is 36.5 Å². The summed E-state index contributed by atoms with van der Waals surface area (Å²) in [6.07, 6.45) is 2.36. The van der Waals surface area contributed by atoms with Crippen LogP contribution in [-0.2, 0) is 0 Å². The third kappa shape index (κ3) is 1.60. The highest BCUT2D eigenvalue weighted by molar-refractivity contribution is 8.34. The topological polar surface area (TPSA) is 0 Å². The Morgan fingerprint density at radius 1 is 1.70 bits per heavy atom. The van der Waals surface area contributed by atoms with Crippen molar-refractivity contribution in [2.45, 2.75) is 30.7 Å². The molecule has 0 nitrogen and oxygen atoms in total. The second kappa shape index (κ2) is 3.16. The summed E-state index contributed by atoms with van der Waals surface area (Å²) in [5, 5.41) is 0. The van der Waals surface area contributed by atoms with Gasteiger partial charge in [0.15, 0.2) is 0 Å². The number of hydrogen-bond acceptors (Lipinski definition) is 1. The van der Waals surface area contributed by atoms with Gasteiger partial charge in [0.25, 0.3) is 0 Å². The monoisotopic (exact) mass is 206 g/mol. The van der Waals surface area contributed by atoms with Crippen LogP contribution in [0.1, 0.15) is 0 Å². The minimum atomic E-state index is -0.636. The molecular weight excluding hydrogens is 188 g/mol. The lowest BCUT2D eigenvalue weighted by molar-refractivity contribution is 1.07. The Kier molecular flexibility index (Phi) is 2.88. The zero-order valence-corrected chi connectivity index (χ0v) is 12.4. The van der Waals surface area contributed by atoms with Crippen LogP contribution in [0.3, 0.4) is 0 Å². The molecule has 1 rings (SSSR count). The van der Waals surface area contributed by atoms with Gasteiger partial charge < -0.3 is 0 Å². The van der Waals surface area contributed by atoms with Crippen LogP contribution in [0.25, 0.3) is 0 Å². The van der Waals surface area contributed by atoms with Gasteiger partial charge in [0.1, 0.15) is 6.74 Å². The van der Waals surface area contributed by atoms with Crippen LogP contribution in [0.4, 0.5) is 0 Å². The van der Waals surface area contributed by atoms with Crippen LogP contribution in [0, 0.1) is 0 Å². The Morgan fingerprint density at radius 2 is 2.30 bits per heavy atom. The smallest absolute Gasteiger partial charge is 0.102 e. The van der Waals surface area contributed by atoms with Crippen LogP contribution in [-0.4, -0.2) is 31.6 Å². The molecule has 0 spiro atoms. The maximum atomic E-state index is 2.63. The van der Waals surface area contributed by atoms with E-state index in [1.54, 1.807) is 12.1 Å². The van der Waals surface area contributed by atoms with Gasteiger partial charge in [-0.2, -0.15) is 11.2 Å². The van der Waals surface area contributed by atoms with Crippen LogP contribution >= 0.6 is 11.2 Å². The second-order valence-corrected chi connectivity index (χ2v) is 23.4. The Balaban J connectivity index is 2.61. The van der Waals surface area contributed by atoms with Crippen LogP contribution in [0.2, 0.25) is 30.7 Å². The van der Waals surface area contributed by atoms with E-state index in [0.717, 1.165) is 0 Å². The Morgan fingerprint density at radius 3 is 2.50 bits per heavy atom. The van der Waals surface area contributed by atoms with Crippen LogP contribution in [0.15, 0.2) is 0 Å². The predicted molar refractivity (Wildman–Crippen MR) is 61.4 cm³/mol. The van der Waals surface area contributed by atoms with Crippen molar-refractivity contribution < 1.29 is 0 Å². The SMILES string of the molecule is CS[Si]1(C)CC([SiH3])C[SiH]1C. The zero-order chi connectivity index (χ0) is 7.78. The van der Waals surface area contributed by atoms with Gasteiger partial charge in [-0.25, -0.2) is 0 Å². The molecule has 0 aromatic rings. The minimum Gasteiger partial charge on any atom is -0.192 e. The first-order chi connectivity index (χ1) is 4.58. The van der Waals surface area contributed by atoms with E-state index in [0.29, 0.717) is 0 Å². The van der Waals surface area contributed by atoms with Crippen molar-refractivity contribution in [1.29, 1.82) is 0 Å². The fourth-order valence-corrected chi connectivity index (χ4v) is 27.4. The average Bonchev–Trinajstić information content (AvgIpc) is 2.09. The van der Waals surface area contributed by atoms with Gasteiger partial charge in [-0.05, 0) is 6.26 Å². The van der Waals surface area contributed by atoms with Gasteiger partial charge in [0.2, 0.25) is 0 Å². The first-order valence-corrected chi connectivity index (χ1v) is 13.7. The molecule has 1 aliphatic heterocycles. The fourth-order valence-electron chi connectivity index (χ4n) is 2.11. The van der Waals surface area contributed by atoms with Crippen LogP contribution in [0.5, 0.6) is 0 Å². The lowest BCUT2D eigenvalue weighted by Gasteiger charge is -2.22. The summed E-state index contributed by atoms with van der Waals surface area (Å²) in [7, 11) is 1.27. The lowest BCUT2D eigenvalue weighted by Crippen LogP contribution is -2.37. The molecule has 0 aliphatic carbocycles. The molecule has 1 fully saturated rings. The zero-order valence-electron chi connectivity index (χ0n) is 7.48. The molecule has 0 radical (unpaired) electrons. The van der Waals surface area contributed by atoms with Crippen molar-refractivity contribution in [2.75, 3.05) is 6.26 Å².